The van der Waals surface area contributed by atoms with E-state index in [0.717, 1.165) is 18.4 Å². The topological polar surface area (TPSA) is 99.3 Å². The predicted molar refractivity (Wildman–Crippen MR) is 99.5 cm³/mol. The van der Waals surface area contributed by atoms with Gasteiger partial charge in [0.1, 0.15) is 5.69 Å². The zero-order valence-electron chi connectivity index (χ0n) is 14.1. The van der Waals surface area contributed by atoms with E-state index in [-0.39, 0.29) is 11.9 Å². The molecule has 0 fully saturated rings. The Labute approximate surface area is 149 Å². The number of carbonyl (C=O) groups excluding carboxylic acids is 1. The van der Waals surface area contributed by atoms with E-state index in [1.165, 1.54) is 10.9 Å². The van der Waals surface area contributed by atoms with Gasteiger partial charge in [-0.05, 0) is 36.6 Å². The van der Waals surface area contributed by atoms with Gasteiger partial charge in [0.05, 0.1) is 0 Å². The average Bonchev–Trinajstić information content (AvgIpc) is 3.30. The summed E-state index contributed by atoms with van der Waals surface area (Å²) in [5.74, 6) is 0.693. The first kappa shape index (κ1) is 16.0. The number of nitrogens with one attached hydrogen (secondary N) is 3. The molecule has 0 radical (unpaired) electrons. The van der Waals surface area contributed by atoms with Crippen molar-refractivity contribution in [1.29, 1.82) is 0 Å². The summed E-state index contributed by atoms with van der Waals surface area (Å²) in [5, 5.41) is 10.7. The molecule has 4 rings (SSSR count). The van der Waals surface area contributed by atoms with Gasteiger partial charge in [0, 0.05) is 29.7 Å². The van der Waals surface area contributed by atoms with Crippen LogP contribution in [0.15, 0.2) is 54.9 Å². The summed E-state index contributed by atoms with van der Waals surface area (Å²) in [6.07, 6.45) is 5.70. The highest BCUT2D eigenvalue weighted by molar-refractivity contribution is 5.89. The Kier molecular flexibility index (Phi) is 4.42. The molecule has 3 aromatic heterocycles. The number of pyridine rings is 1. The summed E-state index contributed by atoms with van der Waals surface area (Å²) in [7, 11) is 0. The maximum absolute atomic E-state index is 12.1. The van der Waals surface area contributed by atoms with Gasteiger partial charge in [0.15, 0.2) is 5.82 Å². The molecule has 0 aliphatic heterocycles. The number of para-hydroxylation sites is 1. The van der Waals surface area contributed by atoms with Crippen LogP contribution in [0.4, 0.5) is 5.95 Å². The first-order valence-electron chi connectivity index (χ1n) is 8.48. The number of fused-ring (bicyclic) bond motifs is 1. The maximum atomic E-state index is 12.1. The third-order valence-corrected chi connectivity index (χ3v) is 4.17. The fraction of sp³-hybridized carbons (Fsp3) is 0.158. The van der Waals surface area contributed by atoms with Crippen LogP contribution in [0.25, 0.3) is 22.4 Å². The monoisotopic (exact) mass is 346 g/mol. The summed E-state index contributed by atoms with van der Waals surface area (Å²) in [6, 6.07) is 13.7. The van der Waals surface area contributed by atoms with Crippen molar-refractivity contribution in [2.24, 2.45) is 0 Å². The molecule has 7 nitrogen and oxygen atoms in total. The number of benzene rings is 1. The van der Waals surface area contributed by atoms with Crippen LogP contribution < -0.4 is 5.32 Å². The van der Waals surface area contributed by atoms with Gasteiger partial charge in [-0.1, -0.05) is 24.3 Å². The van der Waals surface area contributed by atoms with E-state index in [1.54, 1.807) is 6.20 Å². The largest absolute Gasteiger partial charge is 0.361 e. The second-order valence-electron chi connectivity index (χ2n) is 5.98. The van der Waals surface area contributed by atoms with Crippen LogP contribution >= 0.6 is 0 Å². The van der Waals surface area contributed by atoms with E-state index in [4.69, 9.17) is 0 Å². The van der Waals surface area contributed by atoms with Crippen molar-refractivity contribution in [1.82, 2.24) is 25.1 Å². The predicted octanol–water partition coefficient (Wildman–Crippen LogP) is 3.31. The summed E-state index contributed by atoms with van der Waals surface area (Å²) in [5.41, 5.74) is 3.03. The molecule has 26 heavy (non-hydrogen) atoms. The van der Waals surface area contributed by atoms with Gasteiger partial charge in [-0.25, -0.2) is 0 Å². The highest BCUT2D eigenvalue weighted by Crippen LogP contribution is 2.19. The summed E-state index contributed by atoms with van der Waals surface area (Å²) in [6.45, 7) is 0. The normalized spacial score (nSPS) is 10.9. The second-order valence-corrected chi connectivity index (χ2v) is 5.98. The Hall–Kier alpha value is -3.48. The number of rotatable bonds is 6. The van der Waals surface area contributed by atoms with Crippen LogP contribution in [0.3, 0.4) is 0 Å². The molecule has 0 aliphatic rings. The number of nitrogens with zero attached hydrogens (tertiary/aromatic N) is 3. The number of aryl methyl sites for hydroxylation is 1. The quantitative estimate of drug-likeness (QED) is 0.499. The summed E-state index contributed by atoms with van der Waals surface area (Å²) < 4.78 is 0. The lowest BCUT2D eigenvalue weighted by Gasteiger charge is -2.01. The van der Waals surface area contributed by atoms with E-state index < -0.39 is 0 Å². The fourth-order valence-corrected chi connectivity index (χ4v) is 2.90. The minimum atomic E-state index is -0.101. The zero-order valence-corrected chi connectivity index (χ0v) is 14.1. The lowest BCUT2D eigenvalue weighted by Crippen LogP contribution is -2.12. The lowest BCUT2D eigenvalue weighted by atomic mass is 10.1. The number of hydrogen-bond donors (Lipinski definition) is 3. The van der Waals surface area contributed by atoms with Gasteiger partial charge in [0.2, 0.25) is 11.9 Å². The van der Waals surface area contributed by atoms with E-state index in [9.17, 15) is 4.79 Å². The van der Waals surface area contributed by atoms with Crippen molar-refractivity contribution in [3.63, 3.8) is 0 Å². The molecule has 0 atom stereocenters. The Morgan fingerprint density at radius 3 is 2.88 bits per heavy atom. The SMILES string of the molecule is O=C(CCCc1c[nH]c2ccccc12)Nc1n[nH]c(-c2ccccn2)n1. The van der Waals surface area contributed by atoms with Crippen molar-refractivity contribution in [2.45, 2.75) is 19.3 Å². The molecular weight excluding hydrogens is 328 g/mol. The van der Waals surface area contributed by atoms with Crippen LogP contribution in [0, 0.1) is 0 Å². The summed E-state index contributed by atoms with van der Waals surface area (Å²) >= 11 is 0. The van der Waals surface area contributed by atoms with Gasteiger partial charge in [-0.15, -0.1) is 5.10 Å². The van der Waals surface area contributed by atoms with Crippen LogP contribution in [-0.2, 0) is 11.2 Å². The number of carbonyl (C=O) groups is 1. The van der Waals surface area contributed by atoms with Gasteiger partial charge in [-0.2, -0.15) is 4.98 Å². The van der Waals surface area contributed by atoms with Crippen LogP contribution in [0.1, 0.15) is 18.4 Å². The molecular formula is C19H18N6O. The molecule has 7 heteroatoms. The average molecular weight is 346 g/mol. The van der Waals surface area contributed by atoms with Gasteiger partial charge < -0.3 is 4.98 Å². The minimum Gasteiger partial charge on any atom is -0.361 e. The van der Waals surface area contributed by atoms with Gasteiger partial charge in [0.25, 0.3) is 0 Å². The van der Waals surface area contributed by atoms with Crippen molar-refractivity contribution in [3.8, 4) is 11.5 Å². The van der Waals surface area contributed by atoms with Crippen molar-refractivity contribution >= 4 is 22.8 Å². The Balaban J connectivity index is 1.31. The van der Waals surface area contributed by atoms with Gasteiger partial charge in [-0.3, -0.25) is 20.2 Å². The molecule has 0 saturated carbocycles. The van der Waals surface area contributed by atoms with E-state index in [0.29, 0.717) is 17.9 Å². The van der Waals surface area contributed by atoms with Crippen molar-refractivity contribution in [3.05, 3.63) is 60.4 Å². The van der Waals surface area contributed by atoms with Gasteiger partial charge >= 0.3 is 0 Å². The number of H-pyrrole nitrogens is 2. The van der Waals surface area contributed by atoms with Crippen LogP contribution in [0.5, 0.6) is 0 Å². The molecule has 3 heterocycles. The Morgan fingerprint density at radius 2 is 2.00 bits per heavy atom. The summed E-state index contributed by atoms with van der Waals surface area (Å²) in [4.78, 5) is 23.8. The number of aromatic amines is 2. The number of aromatic nitrogens is 5. The zero-order chi connectivity index (χ0) is 17.8. The molecule has 0 unspecified atom stereocenters. The molecule has 130 valence electrons. The molecule has 1 aromatic carbocycles. The smallest absolute Gasteiger partial charge is 0.249 e. The highest BCUT2D eigenvalue weighted by atomic mass is 16.1. The molecule has 3 N–H and O–H groups in total. The molecule has 4 aromatic rings. The van der Waals surface area contributed by atoms with Crippen molar-refractivity contribution < 1.29 is 4.79 Å². The fourth-order valence-electron chi connectivity index (χ4n) is 2.90. The Bertz CT molecular complexity index is 1020. The first-order valence-corrected chi connectivity index (χ1v) is 8.48. The van der Waals surface area contributed by atoms with E-state index in [1.807, 2.05) is 42.6 Å². The van der Waals surface area contributed by atoms with Crippen LogP contribution in [-0.4, -0.2) is 31.1 Å². The second kappa shape index (κ2) is 7.18. The molecule has 0 aliphatic carbocycles. The third-order valence-electron chi connectivity index (χ3n) is 4.17. The third kappa shape index (κ3) is 3.46. The number of amides is 1. The lowest BCUT2D eigenvalue weighted by molar-refractivity contribution is -0.116. The standard InChI is InChI=1S/C19H18N6O/c26-17(10-5-6-13-12-21-15-8-2-1-7-14(13)15)22-19-23-18(24-25-19)16-9-3-4-11-20-16/h1-4,7-9,11-12,21H,5-6,10H2,(H2,22,23,24,25,26). The molecule has 0 spiro atoms. The van der Waals surface area contributed by atoms with E-state index >= 15 is 0 Å². The maximum Gasteiger partial charge on any atom is 0.249 e. The van der Waals surface area contributed by atoms with Crippen LogP contribution in [0.2, 0.25) is 0 Å². The molecule has 0 bridgehead atoms. The molecule has 1 amide bonds. The van der Waals surface area contributed by atoms with E-state index in [2.05, 4.69) is 36.5 Å². The number of anilines is 1. The minimum absolute atomic E-state index is 0.101. The Morgan fingerprint density at radius 1 is 1.12 bits per heavy atom. The molecule has 0 saturated heterocycles. The van der Waals surface area contributed by atoms with Crippen molar-refractivity contribution in [2.75, 3.05) is 5.32 Å². The first-order chi connectivity index (χ1) is 12.8. The highest BCUT2D eigenvalue weighted by Gasteiger charge is 2.10. The number of hydrogen-bond acceptors (Lipinski definition) is 4.